The van der Waals surface area contributed by atoms with Crippen LogP contribution in [0.15, 0.2) is 38.7 Å². The highest BCUT2D eigenvalue weighted by atomic mass is 79.9. The molecule has 3 rings (SSSR count). The third-order valence-corrected chi connectivity index (χ3v) is 4.46. The van der Waals surface area contributed by atoms with Gasteiger partial charge in [0, 0.05) is 9.86 Å². The van der Waals surface area contributed by atoms with E-state index < -0.39 is 9.84 Å². The number of nitrogens with zero attached hydrogens (tertiary/aromatic N) is 3. The highest BCUT2D eigenvalue weighted by molar-refractivity contribution is 9.10. The first-order valence-electron chi connectivity index (χ1n) is 5.18. The fourth-order valence-electron chi connectivity index (χ4n) is 1.66. The molecular weight excluding hydrogens is 336 g/mol. The second-order valence-corrected chi connectivity index (χ2v) is 6.64. The number of sulfone groups is 1. The van der Waals surface area contributed by atoms with Crippen LogP contribution in [0.2, 0.25) is 0 Å². The monoisotopic (exact) mass is 342 g/mol. The van der Waals surface area contributed by atoms with Gasteiger partial charge in [0.05, 0.1) is 0 Å². The lowest BCUT2D eigenvalue weighted by atomic mass is 10.2. The molecule has 0 aliphatic heterocycles. The van der Waals surface area contributed by atoms with E-state index >= 15 is 0 Å². The van der Waals surface area contributed by atoms with Crippen LogP contribution in [-0.4, -0.2) is 28.8 Å². The molecule has 0 aliphatic rings. The van der Waals surface area contributed by atoms with Crippen LogP contribution in [0.5, 0.6) is 0 Å². The van der Waals surface area contributed by atoms with Gasteiger partial charge < -0.3 is 4.52 Å². The molecule has 0 atom stereocenters. The molecule has 1 aromatic carbocycles. The van der Waals surface area contributed by atoms with Crippen LogP contribution in [0.1, 0.15) is 5.69 Å². The quantitative estimate of drug-likeness (QED) is 0.776. The summed E-state index contributed by atoms with van der Waals surface area (Å²) in [4.78, 5) is 3.64. The second-order valence-electron chi connectivity index (χ2n) is 3.82. The molecule has 9 heteroatoms. The van der Waals surface area contributed by atoms with Crippen molar-refractivity contribution in [3.63, 3.8) is 0 Å². The Hall–Kier alpha value is -1.74. The average molecular weight is 343 g/mol. The number of hydrogen-bond donors (Lipinski definition) is 1. The van der Waals surface area contributed by atoms with Crippen molar-refractivity contribution in [2.75, 3.05) is 0 Å². The number of aromatic nitrogens is 4. The summed E-state index contributed by atoms with van der Waals surface area (Å²) in [6, 6.07) is 5.28. The van der Waals surface area contributed by atoms with Crippen LogP contribution in [0.3, 0.4) is 0 Å². The van der Waals surface area contributed by atoms with Crippen LogP contribution >= 0.6 is 15.9 Å². The minimum atomic E-state index is -3.60. The van der Waals surface area contributed by atoms with Gasteiger partial charge in [-0.3, -0.25) is 5.10 Å². The van der Waals surface area contributed by atoms with Crippen molar-refractivity contribution in [2.24, 2.45) is 0 Å². The Morgan fingerprint density at radius 2 is 2.21 bits per heavy atom. The van der Waals surface area contributed by atoms with Gasteiger partial charge in [0.15, 0.2) is 5.58 Å². The molecule has 0 saturated carbocycles. The number of halogens is 1. The molecular formula is C10H7BrN4O3S. The van der Waals surface area contributed by atoms with Gasteiger partial charge in [0.2, 0.25) is 15.0 Å². The standard InChI is InChI=1S/C10H7BrN4O3S/c11-6-1-2-7-8(15-18-9(7)3-6)4-19(16,17)10-12-5-13-14-10/h1-3,5H,4H2,(H,12,13,14). The first kappa shape index (κ1) is 12.3. The molecule has 2 aromatic heterocycles. The number of rotatable bonds is 3. The number of H-pyrrole nitrogens is 1. The molecule has 3 aromatic rings. The zero-order chi connectivity index (χ0) is 13.5. The molecule has 0 bridgehead atoms. The Balaban J connectivity index is 2.03. The topological polar surface area (TPSA) is 102 Å². The highest BCUT2D eigenvalue weighted by Crippen LogP contribution is 2.24. The summed E-state index contributed by atoms with van der Waals surface area (Å²) in [5, 5.41) is 10.1. The minimum absolute atomic E-state index is 0.180. The number of hydrogen-bond acceptors (Lipinski definition) is 6. The lowest BCUT2D eigenvalue weighted by Gasteiger charge is -1.97. The second kappa shape index (κ2) is 4.42. The van der Waals surface area contributed by atoms with Crippen LogP contribution < -0.4 is 0 Å². The average Bonchev–Trinajstić information content (AvgIpc) is 2.98. The van der Waals surface area contributed by atoms with Crippen LogP contribution in [0.4, 0.5) is 0 Å². The van der Waals surface area contributed by atoms with Crippen molar-refractivity contribution in [1.29, 1.82) is 0 Å². The van der Waals surface area contributed by atoms with E-state index in [1.54, 1.807) is 18.2 Å². The van der Waals surface area contributed by atoms with E-state index in [0.29, 0.717) is 16.7 Å². The lowest BCUT2D eigenvalue weighted by Crippen LogP contribution is -2.07. The predicted molar refractivity (Wildman–Crippen MR) is 69.0 cm³/mol. The van der Waals surface area contributed by atoms with Gasteiger partial charge in [-0.15, -0.1) is 0 Å². The molecule has 0 fully saturated rings. The van der Waals surface area contributed by atoms with Crippen LogP contribution in [0.25, 0.3) is 11.0 Å². The zero-order valence-corrected chi connectivity index (χ0v) is 11.8. The first-order chi connectivity index (χ1) is 9.06. The summed E-state index contributed by atoms with van der Waals surface area (Å²) < 4.78 is 30.0. The largest absolute Gasteiger partial charge is 0.356 e. The Bertz CT molecular complexity index is 826. The molecule has 0 unspecified atom stereocenters. The lowest BCUT2D eigenvalue weighted by molar-refractivity contribution is 0.448. The maximum Gasteiger partial charge on any atom is 0.243 e. The molecule has 0 amide bonds. The molecule has 98 valence electrons. The first-order valence-corrected chi connectivity index (χ1v) is 7.63. The van der Waals surface area contributed by atoms with E-state index in [2.05, 4.69) is 36.3 Å². The van der Waals surface area contributed by atoms with Gasteiger partial charge in [0.25, 0.3) is 0 Å². The summed E-state index contributed by atoms with van der Waals surface area (Å²) >= 11 is 3.31. The van der Waals surface area contributed by atoms with Crippen molar-refractivity contribution in [1.82, 2.24) is 20.3 Å². The van der Waals surface area contributed by atoms with E-state index in [-0.39, 0.29) is 10.9 Å². The van der Waals surface area contributed by atoms with Gasteiger partial charge in [-0.25, -0.2) is 13.4 Å². The Kier molecular flexibility index (Phi) is 2.86. The van der Waals surface area contributed by atoms with Gasteiger partial charge in [-0.1, -0.05) is 21.1 Å². The summed E-state index contributed by atoms with van der Waals surface area (Å²) in [7, 11) is -3.60. The maximum atomic E-state index is 12.0. The molecule has 19 heavy (non-hydrogen) atoms. The number of aromatic amines is 1. The maximum absolute atomic E-state index is 12.0. The summed E-state index contributed by atoms with van der Waals surface area (Å²) in [5.41, 5.74) is 0.871. The van der Waals surface area contributed by atoms with E-state index in [0.717, 1.165) is 10.8 Å². The summed E-state index contributed by atoms with van der Waals surface area (Å²) in [6.45, 7) is 0. The van der Waals surface area contributed by atoms with Gasteiger partial charge in [-0.2, -0.15) is 5.10 Å². The molecule has 0 spiro atoms. The third-order valence-electron chi connectivity index (χ3n) is 2.52. The van der Waals surface area contributed by atoms with Gasteiger partial charge in [-0.05, 0) is 18.2 Å². The highest BCUT2D eigenvalue weighted by Gasteiger charge is 2.22. The number of nitrogens with one attached hydrogen (secondary N) is 1. The molecule has 2 heterocycles. The van der Waals surface area contributed by atoms with Crippen molar-refractivity contribution in [3.8, 4) is 0 Å². The smallest absolute Gasteiger partial charge is 0.243 e. The predicted octanol–water partition coefficient (Wildman–Crippen LogP) is 1.68. The van der Waals surface area contributed by atoms with E-state index in [1.165, 1.54) is 0 Å². The molecule has 1 N–H and O–H groups in total. The van der Waals surface area contributed by atoms with Crippen molar-refractivity contribution in [2.45, 2.75) is 10.9 Å². The molecule has 0 radical (unpaired) electrons. The minimum Gasteiger partial charge on any atom is -0.356 e. The number of benzene rings is 1. The Morgan fingerprint density at radius 1 is 1.37 bits per heavy atom. The SMILES string of the molecule is O=S(=O)(Cc1noc2cc(Br)ccc12)c1ncn[nH]1. The molecule has 0 saturated heterocycles. The van der Waals surface area contributed by atoms with E-state index in [1.807, 2.05) is 0 Å². The Morgan fingerprint density at radius 3 is 2.95 bits per heavy atom. The van der Waals surface area contributed by atoms with Gasteiger partial charge >= 0.3 is 0 Å². The van der Waals surface area contributed by atoms with Crippen molar-refractivity contribution >= 4 is 36.7 Å². The zero-order valence-electron chi connectivity index (χ0n) is 9.37. The van der Waals surface area contributed by atoms with Crippen LogP contribution in [0, 0.1) is 0 Å². The Labute approximate surface area is 116 Å². The molecule has 0 aliphatic carbocycles. The molecule has 7 nitrogen and oxygen atoms in total. The normalized spacial score (nSPS) is 12.1. The number of fused-ring (bicyclic) bond motifs is 1. The fourth-order valence-corrected chi connectivity index (χ4v) is 3.10. The van der Waals surface area contributed by atoms with Crippen molar-refractivity contribution in [3.05, 3.63) is 34.7 Å². The van der Waals surface area contributed by atoms with Crippen LogP contribution in [-0.2, 0) is 15.6 Å². The third kappa shape index (κ3) is 2.26. The van der Waals surface area contributed by atoms with E-state index in [9.17, 15) is 8.42 Å². The van der Waals surface area contributed by atoms with E-state index in [4.69, 9.17) is 4.52 Å². The fraction of sp³-hybridized carbons (Fsp3) is 0.100. The van der Waals surface area contributed by atoms with Crippen molar-refractivity contribution < 1.29 is 12.9 Å². The summed E-state index contributed by atoms with van der Waals surface area (Å²) in [6.07, 6.45) is 1.14. The van der Waals surface area contributed by atoms with Gasteiger partial charge in [0.1, 0.15) is 17.8 Å². The summed E-state index contributed by atoms with van der Waals surface area (Å²) in [5.74, 6) is -0.295.